The lowest BCUT2D eigenvalue weighted by atomic mass is 9.82. The van der Waals surface area contributed by atoms with Crippen LogP contribution in [0.15, 0.2) is 41.8 Å². The summed E-state index contributed by atoms with van der Waals surface area (Å²) in [6.45, 7) is 0. The maximum atomic E-state index is 6.25. The van der Waals surface area contributed by atoms with Gasteiger partial charge in [0.2, 0.25) is 0 Å². The Balaban J connectivity index is 1.70. The number of rotatable bonds is 3. The molecule has 5 heteroatoms. The van der Waals surface area contributed by atoms with Gasteiger partial charge in [0.1, 0.15) is 6.33 Å². The summed E-state index contributed by atoms with van der Waals surface area (Å²) in [5.41, 5.74) is 7.68. The van der Waals surface area contributed by atoms with Gasteiger partial charge in [-0.3, -0.25) is 5.10 Å². The van der Waals surface area contributed by atoms with Crippen molar-refractivity contribution in [2.45, 2.75) is 41.6 Å². The Labute approximate surface area is 117 Å². The van der Waals surface area contributed by atoms with Gasteiger partial charge in [0.15, 0.2) is 5.16 Å². The SMILES string of the molecule is NC1CCC(c2ccccc2)CC1Sc1ncn[nH]1. The van der Waals surface area contributed by atoms with E-state index in [0.29, 0.717) is 11.2 Å². The molecule has 3 N–H and O–H groups in total. The third-order valence-corrected chi connectivity index (χ3v) is 5.03. The molecule has 19 heavy (non-hydrogen) atoms. The summed E-state index contributed by atoms with van der Waals surface area (Å²) in [6.07, 6.45) is 4.91. The van der Waals surface area contributed by atoms with Gasteiger partial charge in [0.05, 0.1) is 0 Å². The largest absolute Gasteiger partial charge is 0.327 e. The second-order valence-electron chi connectivity index (χ2n) is 5.03. The van der Waals surface area contributed by atoms with Crippen molar-refractivity contribution in [2.75, 3.05) is 0 Å². The maximum Gasteiger partial charge on any atom is 0.183 e. The van der Waals surface area contributed by atoms with E-state index in [1.165, 1.54) is 12.0 Å². The molecule has 1 aliphatic carbocycles. The van der Waals surface area contributed by atoms with Crippen LogP contribution < -0.4 is 5.73 Å². The summed E-state index contributed by atoms with van der Waals surface area (Å²) in [5, 5.41) is 8.08. The van der Waals surface area contributed by atoms with Crippen molar-refractivity contribution in [2.24, 2.45) is 5.73 Å². The molecule has 1 fully saturated rings. The van der Waals surface area contributed by atoms with Crippen LogP contribution in [0.4, 0.5) is 0 Å². The Morgan fingerprint density at radius 1 is 1.21 bits per heavy atom. The first-order chi connectivity index (χ1) is 9.33. The fourth-order valence-corrected chi connectivity index (χ4v) is 3.85. The number of nitrogens with zero attached hydrogens (tertiary/aromatic N) is 2. The molecule has 2 aromatic rings. The number of aromatic amines is 1. The Morgan fingerprint density at radius 3 is 2.79 bits per heavy atom. The third-order valence-electron chi connectivity index (χ3n) is 3.77. The molecule has 0 saturated heterocycles. The predicted octanol–water partition coefficient (Wildman–Crippen LogP) is 2.56. The molecular formula is C14H18N4S. The van der Waals surface area contributed by atoms with Crippen LogP contribution >= 0.6 is 11.8 Å². The summed E-state index contributed by atoms with van der Waals surface area (Å²) in [6, 6.07) is 11.0. The summed E-state index contributed by atoms with van der Waals surface area (Å²) in [5.74, 6) is 0.612. The highest BCUT2D eigenvalue weighted by atomic mass is 32.2. The number of benzene rings is 1. The fourth-order valence-electron chi connectivity index (χ4n) is 2.71. The van der Waals surface area contributed by atoms with Gasteiger partial charge in [-0.05, 0) is 30.7 Å². The van der Waals surface area contributed by atoms with E-state index in [4.69, 9.17) is 5.73 Å². The van der Waals surface area contributed by atoms with Gasteiger partial charge in [0, 0.05) is 11.3 Å². The highest BCUT2D eigenvalue weighted by Gasteiger charge is 2.30. The Hall–Kier alpha value is -1.33. The van der Waals surface area contributed by atoms with E-state index in [9.17, 15) is 0 Å². The van der Waals surface area contributed by atoms with Gasteiger partial charge in [-0.2, -0.15) is 5.10 Å². The van der Waals surface area contributed by atoms with Gasteiger partial charge < -0.3 is 5.73 Å². The molecule has 100 valence electrons. The van der Waals surface area contributed by atoms with Crippen LogP contribution in [0, 0.1) is 0 Å². The molecule has 3 rings (SSSR count). The van der Waals surface area contributed by atoms with Crippen molar-refractivity contribution >= 4 is 11.8 Å². The van der Waals surface area contributed by atoms with Crippen LogP contribution in [0.2, 0.25) is 0 Å². The van der Waals surface area contributed by atoms with E-state index in [2.05, 4.69) is 45.5 Å². The first-order valence-electron chi connectivity index (χ1n) is 6.65. The predicted molar refractivity (Wildman–Crippen MR) is 77.0 cm³/mol. The molecule has 4 nitrogen and oxygen atoms in total. The standard InChI is InChI=1S/C14H18N4S/c15-12-7-6-11(10-4-2-1-3-5-10)8-13(12)19-14-16-9-17-18-14/h1-5,9,11-13H,6-8,15H2,(H,16,17,18). The molecule has 0 aliphatic heterocycles. The lowest BCUT2D eigenvalue weighted by Crippen LogP contribution is -2.37. The number of nitrogens with one attached hydrogen (secondary N) is 1. The molecule has 1 aliphatic rings. The number of aromatic nitrogens is 3. The first kappa shape index (κ1) is 12.7. The lowest BCUT2D eigenvalue weighted by Gasteiger charge is -2.33. The second kappa shape index (κ2) is 5.75. The molecule has 0 spiro atoms. The number of nitrogens with two attached hydrogens (primary N) is 1. The van der Waals surface area contributed by atoms with Crippen molar-refractivity contribution < 1.29 is 0 Å². The van der Waals surface area contributed by atoms with Crippen molar-refractivity contribution in [1.29, 1.82) is 0 Å². The second-order valence-corrected chi connectivity index (χ2v) is 6.26. The Kier molecular flexibility index (Phi) is 3.84. The number of hydrogen-bond acceptors (Lipinski definition) is 4. The smallest absolute Gasteiger partial charge is 0.183 e. The highest BCUT2D eigenvalue weighted by molar-refractivity contribution is 7.99. The molecule has 1 aromatic carbocycles. The fraction of sp³-hybridized carbons (Fsp3) is 0.429. The molecule has 0 amide bonds. The quantitative estimate of drug-likeness (QED) is 0.902. The van der Waals surface area contributed by atoms with E-state index in [0.717, 1.165) is 18.0 Å². The molecule has 0 bridgehead atoms. The van der Waals surface area contributed by atoms with E-state index in [-0.39, 0.29) is 6.04 Å². The lowest BCUT2D eigenvalue weighted by molar-refractivity contribution is 0.406. The minimum absolute atomic E-state index is 0.245. The van der Waals surface area contributed by atoms with E-state index in [1.54, 1.807) is 18.1 Å². The van der Waals surface area contributed by atoms with Crippen LogP contribution in [-0.2, 0) is 0 Å². The van der Waals surface area contributed by atoms with Crippen molar-refractivity contribution in [3.05, 3.63) is 42.2 Å². The van der Waals surface area contributed by atoms with Crippen LogP contribution in [0.25, 0.3) is 0 Å². The number of thioether (sulfide) groups is 1. The summed E-state index contributed by atoms with van der Waals surface area (Å²) in [7, 11) is 0. The molecule has 3 atom stereocenters. The van der Waals surface area contributed by atoms with E-state index in [1.807, 2.05) is 0 Å². The van der Waals surface area contributed by atoms with E-state index < -0.39 is 0 Å². The van der Waals surface area contributed by atoms with Crippen LogP contribution in [-0.4, -0.2) is 26.5 Å². The summed E-state index contributed by atoms with van der Waals surface area (Å²) < 4.78 is 0. The van der Waals surface area contributed by atoms with Crippen molar-refractivity contribution in [3.8, 4) is 0 Å². The minimum atomic E-state index is 0.245. The zero-order valence-electron chi connectivity index (χ0n) is 10.7. The monoisotopic (exact) mass is 274 g/mol. The van der Waals surface area contributed by atoms with Crippen LogP contribution in [0.3, 0.4) is 0 Å². The van der Waals surface area contributed by atoms with Gasteiger partial charge in [-0.1, -0.05) is 42.1 Å². The first-order valence-corrected chi connectivity index (χ1v) is 7.53. The van der Waals surface area contributed by atoms with Gasteiger partial charge in [0.25, 0.3) is 0 Å². The molecular weight excluding hydrogens is 256 g/mol. The van der Waals surface area contributed by atoms with Gasteiger partial charge in [-0.25, -0.2) is 4.98 Å². The van der Waals surface area contributed by atoms with Crippen LogP contribution in [0.5, 0.6) is 0 Å². The molecule has 1 saturated carbocycles. The van der Waals surface area contributed by atoms with E-state index >= 15 is 0 Å². The van der Waals surface area contributed by atoms with Gasteiger partial charge in [-0.15, -0.1) is 0 Å². The molecule has 1 aromatic heterocycles. The number of hydrogen-bond donors (Lipinski definition) is 2. The minimum Gasteiger partial charge on any atom is -0.327 e. The van der Waals surface area contributed by atoms with Crippen molar-refractivity contribution in [3.63, 3.8) is 0 Å². The third kappa shape index (κ3) is 2.98. The zero-order chi connectivity index (χ0) is 13.1. The zero-order valence-corrected chi connectivity index (χ0v) is 11.5. The number of H-pyrrole nitrogens is 1. The summed E-state index contributed by atoms with van der Waals surface area (Å²) >= 11 is 1.72. The highest BCUT2D eigenvalue weighted by Crippen LogP contribution is 2.39. The van der Waals surface area contributed by atoms with Crippen molar-refractivity contribution in [1.82, 2.24) is 15.2 Å². The average molecular weight is 274 g/mol. The topological polar surface area (TPSA) is 67.6 Å². The van der Waals surface area contributed by atoms with Gasteiger partial charge >= 0.3 is 0 Å². The molecule has 1 heterocycles. The van der Waals surface area contributed by atoms with Crippen LogP contribution in [0.1, 0.15) is 30.7 Å². The Bertz CT molecular complexity index is 499. The normalized spacial score (nSPS) is 27.3. The maximum absolute atomic E-state index is 6.25. The Morgan fingerprint density at radius 2 is 2.05 bits per heavy atom. The molecule has 0 radical (unpaired) electrons. The average Bonchev–Trinajstić information content (AvgIpc) is 2.95. The molecule has 3 unspecified atom stereocenters. The summed E-state index contributed by atoms with van der Waals surface area (Å²) in [4.78, 5) is 4.18.